The molecule has 1 aromatic rings. The Hall–Kier alpha value is -1.04. The van der Waals surface area contributed by atoms with E-state index in [1.54, 1.807) is 0 Å². The molecule has 0 radical (unpaired) electrons. The Morgan fingerprint density at radius 3 is 2.44 bits per heavy atom. The average Bonchev–Trinajstić information content (AvgIpc) is 2.78. The van der Waals surface area contributed by atoms with Crippen LogP contribution in [0.3, 0.4) is 0 Å². The molecule has 0 fully saturated rings. The van der Waals surface area contributed by atoms with Crippen molar-refractivity contribution in [1.82, 2.24) is 15.1 Å². The summed E-state index contributed by atoms with van der Waals surface area (Å²) in [7, 11) is 1.83. The Balaban J connectivity index is 2.91. The molecule has 0 aliphatic rings. The summed E-state index contributed by atoms with van der Waals surface area (Å²) in [6.07, 6.45) is 0.294. The first-order valence-corrected chi connectivity index (χ1v) is 6.22. The van der Waals surface area contributed by atoms with Crippen molar-refractivity contribution in [3.63, 3.8) is 0 Å². The molecule has 6 heteroatoms. The lowest BCUT2D eigenvalue weighted by Gasteiger charge is -2.26. The van der Waals surface area contributed by atoms with Gasteiger partial charge in [0.05, 0.1) is 17.8 Å². The van der Waals surface area contributed by atoms with Crippen LogP contribution in [0.1, 0.15) is 44.7 Å². The highest BCUT2D eigenvalue weighted by Crippen LogP contribution is 2.30. The van der Waals surface area contributed by atoms with Crippen molar-refractivity contribution in [3.8, 4) is 0 Å². The van der Waals surface area contributed by atoms with Crippen LogP contribution in [-0.2, 0) is 6.18 Å². The normalized spacial score (nSPS) is 15.7. The SMILES string of the molecule is CCCC(NC)C(CC)n1cc(C(F)(F)F)cn1. The second-order valence-corrected chi connectivity index (χ2v) is 4.37. The second-order valence-electron chi connectivity index (χ2n) is 4.37. The van der Waals surface area contributed by atoms with E-state index >= 15 is 0 Å². The van der Waals surface area contributed by atoms with Gasteiger partial charge in [-0.3, -0.25) is 4.68 Å². The first kappa shape index (κ1) is 15.0. The van der Waals surface area contributed by atoms with Gasteiger partial charge in [-0.15, -0.1) is 0 Å². The lowest BCUT2D eigenvalue weighted by Crippen LogP contribution is -2.35. The third kappa shape index (κ3) is 3.48. The van der Waals surface area contributed by atoms with Gasteiger partial charge in [0.25, 0.3) is 0 Å². The van der Waals surface area contributed by atoms with Gasteiger partial charge in [0.2, 0.25) is 0 Å². The summed E-state index contributed by atoms with van der Waals surface area (Å²) in [5.41, 5.74) is -0.688. The maximum atomic E-state index is 12.5. The van der Waals surface area contributed by atoms with Crippen LogP contribution < -0.4 is 5.32 Å². The van der Waals surface area contributed by atoms with E-state index in [0.717, 1.165) is 31.7 Å². The molecule has 0 spiro atoms. The van der Waals surface area contributed by atoms with E-state index in [0.29, 0.717) is 0 Å². The number of nitrogens with zero attached hydrogens (tertiary/aromatic N) is 2. The molecule has 1 N–H and O–H groups in total. The molecule has 0 aromatic carbocycles. The van der Waals surface area contributed by atoms with Crippen molar-refractivity contribution in [2.75, 3.05) is 7.05 Å². The van der Waals surface area contributed by atoms with Crippen molar-refractivity contribution < 1.29 is 13.2 Å². The predicted octanol–water partition coefficient (Wildman–Crippen LogP) is 3.24. The number of aromatic nitrogens is 2. The van der Waals surface area contributed by atoms with Gasteiger partial charge in [-0.2, -0.15) is 18.3 Å². The lowest BCUT2D eigenvalue weighted by molar-refractivity contribution is -0.137. The van der Waals surface area contributed by atoms with Crippen molar-refractivity contribution in [1.29, 1.82) is 0 Å². The van der Waals surface area contributed by atoms with E-state index in [9.17, 15) is 13.2 Å². The van der Waals surface area contributed by atoms with E-state index in [4.69, 9.17) is 0 Å². The fourth-order valence-corrected chi connectivity index (χ4v) is 2.16. The zero-order chi connectivity index (χ0) is 13.8. The molecule has 3 nitrogen and oxygen atoms in total. The Bertz CT molecular complexity index is 360. The standard InChI is InChI=1S/C12H20F3N3/c1-4-6-10(16-3)11(5-2)18-8-9(7-17-18)12(13,14)15/h7-8,10-11,16H,4-6H2,1-3H3. The van der Waals surface area contributed by atoms with Crippen molar-refractivity contribution in [3.05, 3.63) is 18.0 Å². The molecule has 2 unspecified atom stereocenters. The maximum Gasteiger partial charge on any atom is 0.419 e. The van der Waals surface area contributed by atoms with Gasteiger partial charge in [0.1, 0.15) is 0 Å². The van der Waals surface area contributed by atoms with Crippen LogP contribution in [0.5, 0.6) is 0 Å². The van der Waals surface area contributed by atoms with Gasteiger partial charge in [-0.25, -0.2) is 0 Å². The van der Waals surface area contributed by atoms with Gasteiger partial charge in [-0.05, 0) is 19.9 Å². The van der Waals surface area contributed by atoms with Gasteiger partial charge >= 0.3 is 6.18 Å². The molecule has 0 saturated heterocycles. The summed E-state index contributed by atoms with van der Waals surface area (Å²) >= 11 is 0. The molecule has 0 bridgehead atoms. The molecule has 1 aromatic heterocycles. The third-order valence-electron chi connectivity index (χ3n) is 3.12. The lowest BCUT2D eigenvalue weighted by atomic mass is 10.0. The van der Waals surface area contributed by atoms with E-state index in [2.05, 4.69) is 17.3 Å². The number of hydrogen-bond donors (Lipinski definition) is 1. The van der Waals surface area contributed by atoms with E-state index < -0.39 is 11.7 Å². The average molecular weight is 263 g/mol. The topological polar surface area (TPSA) is 29.9 Å². The third-order valence-corrected chi connectivity index (χ3v) is 3.12. The van der Waals surface area contributed by atoms with Gasteiger partial charge in [-0.1, -0.05) is 20.3 Å². The summed E-state index contributed by atoms with van der Waals surface area (Å²) < 4.78 is 39.0. The Morgan fingerprint density at radius 1 is 1.39 bits per heavy atom. The van der Waals surface area contributed by atoms with Crippen LogP contribution in [0, 0.1) is 0 Å². The van der Waals surface area contributed by atoms with Crippen molar-refractivity contribution in [2.45, 2.75) is 51.4 Å². The molecule has 104 valence electrons. The molecule has 0 saturated carbocycles. The van der Waals surface area contributed by atoms with Crippen molar-refractivity contribution in [2.24, 2.45) is 0 Å². The summed E-state index contributed by atoms with van der Waals surface area (Å²) in [5, 5.41) is 7.02. The first-order chi connectivity index (χ1) is 8.43. The predicted molar refractivity (Wildman–Crippen MR) is 64.3 cm³/mol. The van der Waals surface area contributed by atoms with Crippen LogP contribution >= 0.6 is 0 Å². The van der Waals surface area contributed by atoms with Crippen LogP contribution in [0.4, 0.5) is 13.2 Å². The molecular formula is C12H20F3N3. The monoisotopic (exact) mass is 263 g/mol. The maximum absolute atomic E-state index is 12.5. The number of rotatable bonds is 6. The van der Waals surface area contributed by atoms with Crippen LogP contribution in [0.25, 0.3) is 0 Å². The molecule has 0 aliphatic carbocycles. The van der Waals surface area contributed by atoms with Crippen LogP contribution in [-0.4, -0.2) is 22.9 Å². The van der Waals surface area contributed by atoms with Gasteiger partial charge < -0.3 is 5.32 Å². The van der Waals surface area contributed by atoms with Crippen molar-refractivity contribution >= 4 is 0 Å². The molecule has 1 heterocycles. The number of halogens is 3. The molecule has 0 aliphatic heterocycles. The largest absolute Gasteiger partial charge is 0.419 e. The number of likely N-dealkylation sites (N-methyl/N-ethyl adjacent to an activating group) is 1. The molecule has 0 amide bonds. The zero-order valence-corrected chi connectivity index (χ0v) is 11.0. The highest BCUT2D eigenvalue weighted by molar-refractivity contribution is 5.09. The Morgan fingerprint density at radius 2 is 2.06 bits per heavy atom. The molecular weight excluding hydrogens is 243 g/mol. The summed E-state index contributed by atoms with van der Waals surface area (Å²) in [5.74, 6) is 0. The molecule has 1 rings (SSSR count). The zero-order valence-electron chi connectivity index (χ0n) is 11.0. The highest BCUT2D eigenvalue weighted by Gasteiger charge is 2.33. The minimum Gasteiger partial charge on any atom is -0.315 e. The Labute approximate surface area is 105 Å². The molecule has 18 heavy (non-hydrogen) atoms. The minimum atomic E-state index is -4.32. The summed E-state index contributed by atoms with van der Waals surface area (Å²) in [4.78, 5) is 0. The summed E-state index contributed by atoms with van der Waals surface area (Å²) in [6.45, 7) is 4.01. The number of alkyl halides is 3. The van der Waals surface area contributed by atoms with Crippen LogP contribution in [0.2, 0.25) is 0 Å². The first-order valence-electron chi connectivity index (χ1n) is 6.22. The fourth-order valence-electron chi connectivity index (χ4n) is 2.16. The molecule has 2 atom stereocenters. The fraction of sp³-hybridized carbons (Fsp3) is 0.750. The van der Waals surface area contributed by atoms with E-state index in [-0.39, 0.29) is 12.1 Å². The van der Waals surface area contributed by atoms with Crippen LogP contribution in [0.15, 0.2) is 12.4 Å². The smallest absolute Gasteiger partial charge is 0.315 e. The minimum absolute atomic E-state index is 0.0500. The van der Waals surface area contributed by atoms with E-state index in [1.165, 1.54) is 4.68 Å². The van der Waals surface area contributed by atoms with Gasteiger partial charge in [0, 0.05) is 12.2 Å². The number of nitrogens with one attached hydrogen (secondary N) is 1. The number of hydrogen-bond acceptors (Lipinski definition) is 2. The summed E-state index contributed by atoms with van der Waals surface area (Å²) in [6, 6.07) is 0.0898. The quantitative estimate of drug-likeness (QED) is 0.854. The second kappa shape index (κ2) is 6.22. The van der Waals surface area contributed by atoms with E-state index in [1.807, 2.05) is 14.0 Å². The Kier molecular flexibility index (Phi) is 5.19. The van der Waals surface area contributed by atoms with Gasteiger partial charge in [0.15, 0.2) is 0 Å². The highest BCUT2D eigenvalue weighted by atomic mass is 19.4.